The van der Waals surface area contributed by atoms with Gasteiger partial charge in [0.15, 0.2) is 5.78 Å². The van der Waals surface area contributed by atoms with Gasteiger partial charge in [-0.05, 0) is 58.6 Å². The molecule has 2 aromatic rings. The second kappa shape index (κ2) is 9.39. The molecule has 0 saturated heterocycles. The predicted molar refractivity (Wildman–Crippen MR) is 123 cm³/mol. The Morgan fingerprint density at radius 2 is 1.75 bits per heavy atom. The number of carbonyl (C=O) groups excluding carboxylic acids is 1. The molecule has 170 valence electrons. The molecule has 0 unspecified atom stereocenters. The van der Waals surface area contributed by atoms with Crippen LogP contribution in [0.3, 0.4) is 0 Å². The molecule has 32 heavy (non-hydrogen) atoms. The number of phenols is 4. The number of aromatic hydroxyl groups is 4. The summed E-state index contributed by atoms with van der Waals surface area (Å²) in [5, 5.41) is 41.1. The number of benzene rings is 2. The molecule has 0 aromatic heterocycles. The van der Waals surface area contributed by atoms with Gasteiger partial charge in [-0.25, -0.2) is 0 Å². The lowest BCUT2D eigenvalue weighted by molar-refractivity contribution is 0.0889. The van der Waals surface area contributed by atoms with Gasteiger partial charge in [-0.3, -0.25) is 4.79 Å². The Hall–Kier alpha value is -3.41. The van der Waals surface area contributed by atoms with Crippen LogP contribution in [0.15, 0.2) is 41.5 Å². The second-order valence-electron chi connectivity index (χ2n) is 8.58. The number of phenolic OH excluding ortho intramolecular Hbond substituents is 4. The van der Waals surface area contributed by atoms with E-state index in [0.717, 1.165) is 12.8 Å². The van der Waals surface area contributed by atoms with E-state index in [0.29, 0.717) is 17.5 Å². The molecule has 1 heterocycles. The first-order chi connectivity index (χ1) is 15.1. The third-order valence-corrected chi connectivity index (χ3v) is 5.82. The fraction of sp³-hybridized carbons (Fsp3) is 0.346. The van der Waals surface area contributed by atoms with Crippen LogP contribution in [0.5, 0.6) is 28.7 Å². The summed E-state index contributed by atoms with van der Waals surface area (Å²) in [6, 6.07) is 4.16. The van der Waals surface area contributed by atoms with E-state index in [-0.39, 0.29) is 46.5 Å². The maximum absolute atomic E-state index is 13.2. The third-order valence-electron chi connectivity index (χ3n) is 5.82. The molecule has 0 fully saturated rings. The molecule has 0 spiro atoms. The zero-order valence-electron chi connectivity index (χ0n) is 18.9. The second-order valence-corrected chi connectivity index (χ2v) is 8.58. The Balaban J connectivity index is 1.89. The molecule has 1 atom stereocenters. The van der Waals surface area contributed by atoms with E-state index in [1.807, 2.05) is 13.0 Å². The van der Waals surface area contributed by atoms with E-state index in [2.05, 4.69) is 19.9 Å². The summed E-state index contributed by atoms with van der Waals surface area (Å²) in [5.41, 5.74) is 3.54. The Morgan fingerprint density at radius 1 is 1.03 bits per heavy atom. The van der Waals surface area contributed by atoms with E-state index in [4.69, 9.17) is 4.74 Å². The number of hydrogen-bond acceptors (Lipinski definition) is 6. The fourth-order valence-corrected chi connectivity index (χ4v) is 3.79. The number of ether oxygens (including phenoxy) is 1. The van der Waals surface area contributed by atoms with Gasteiger partial charge < -0.3 is 25.2 Å². The molecule has 6 nitrogen and oxygen atoms in total. The van der Waals surface area contributed by atoms with Gasteiger partial charge in [0.05, 0.1) is 5.92 Å². The molecule has 0 saturated carbocycles. The van der Waals surface area contributed by atoms with Gasteiger partial charge in [-0.15, -0.1) is 0 Å². The van der Waals surface area contributed by atoms with Crippen LogP contribution in [-0.4, -0.2) is 32.8 Å². The number of Topliss-reactive ketones (excluding diaryl/α,β-unsaturated/α-hetero) is 1. The topological polar surface area (TPSA) is 107 Å². The van der Waals surface area contributed by atoms with E-state index in [1.54, 1.807) is 6.07 Å². The summed E-state index contributed by atoms with van der Waals surface area (Å²) >= 11 is 0. The van der Waals surface area contributed by atoms with Crippen LogP contribution < -0.4 is 4.74 Å². The van der Waals surface area contributed by atoms with Crippen LogP contribution >= 0.6 is 0 Å². The van der Waals surface area contributed by atoms with Crippen molar-refractivity contribution in [1.82, 2.24) is 0 Å². The van der Waals surface area contributed by atoms with Crippen molar-refractivity contribution in [2.75, 3.05) is 6.61 Å². The molecule has 1 aliphatic rings. The first-order valence-electron chi connectivity index (χ1n) is 10.7. The van der Waals surface area contributed by atoms with E-state index >= 15 is 0 Å². The van der Waals surface area contributed by atoms with Gasteiger partial charge in [0.2, 0.25) is 0 Å². The lowest BCUT2D eigenvalue weighted by Crippen LogP contribution is -2.26. The van der Waals surface area contributed by atoms with E-state index in [1.165, 1.54) is 30.2 Å². The molecule has 6 heteroatoms. The quantitative estimate of drug-likeness (QED) is 0.449. The van der Waals surface area contributed by atoms with E-state index in [9.17, 15) is 25.2 Å². The van der Waals surface area contributed by atoms with Crippen LogP contribution in [-0.2, 0) is 6.42 Å². The zero-order valence-corrected chi connectivity index (χ0v) is 18.9. The summed E-state index contributed by atoms with van der Waals surface area (Å²) in [6.07, 6.45) is 6.52. The van der Waals surface area contributed by atoms with Crippen molar-refractivity contribution in [3.05, 3.63) is 63.8 Å². The molecular formula is C26H30O6. The van der Waals surface area contributed by atoms with Crippen molar-refractivity contribution in [1.29, 1.82) is 0 Å². The minimum atomic E-state index is -0.848. The van der Waals surface area contributed by atoms with Gasteiger partial charge in [0, 0.05) is 23.3 Å². The molecule has 4 N–H and O–H groups in total. The van der Waals surface area contributed by atoms with E-state index < -0.39 is 11.7 Å². The molecule has 0 aliphatic carbocycles. The highest BCUT2D eigenvalue weighted by molar-refractivity contribution is 6.07. The van der Waals surface area contributed by atoms with Gasteiger partial charge in [-0.2, -0.15) is 0 Å². The summed E-state index contributed by atoms with van der Waals surface area (Å²) in [6.45, 7) is 7.61. The highest BCUT2D eigenvalue weighted by Gasteiger charge is 2.35. The smallest absolute Gasteiger partial charge is 0.181 e. The normalized spacial score (nSPS) is 15.8. The van der Waals surface area contributed by atoms with Crippen LogP contribution in [0.1, 0.15) is 66.6 Å². The highest BCUT2D eigenvalue weighted by Crippen LogP contribution is 2.44. The highest BCUT2D eigenvalue weighted by atomic mass is 16.5. The molecule has 1 aliphatic heterocycles. The fourth-order valence-electron chi connectivity index (χ4n) is 3.79. The first-order valence-corrected chi connectivity index (χ1v) is 10.7. The molecule has 3 rings (SSSR count). The van der Waals surface area contributed by atoms with Gasteiger partial charge in [-0.1, -0.05) is 23.3 Å². The van der Waals surface area contributed by atoms with Crippen LogP contribution in [0, 0.1) is 6.92 Å². The average molecular weight is 439 g/mol. The number of hydrogen-bond donors (Lipinski definition) is 4. The number of carbonyl (C=O) groups is 1. The molecule has 0 bridgehead atoms. The summed E-state index contributed by atoms with van der Waals surface area (Å²) < 4.78 is 5.63. The monoisotopic (exact) mass is 438 g/mol. The van der Waals surface area contributed by atoms with Gasteiger partial charge in [0.25, 0.3) is 0 Å². The van der Waals surface area contributed by atoms with Crippen LogP contribution in [0.4, 0.5) is 0 Å². The number of rotatable bonds is 6. The molecular weight excluding hydrogens is 408 g/mol. The van der Waals surface area contributed by atoms with Crippen molar-refractivity contribution in [3.63, 3.8) is 0 Å². The van der Waals surface area contributed by atoms with Crippen molar-refractivity contribution < 1.29 is 30.0 Å². The van der Waals surface area contributed by atoms with Crippen molar-refractivity contribution in [2.45, 2.75) is 52.9 Å². The summed E-state index contributed by atoms with van der Waals surface area (Å²) in [5.74, 6) is -1.90. The standard InChI is InChI=1S/C26H30O6/c1-14(2)6-5-7-15(3)8-9-17-10-18(22(29)11-21(17)28)19-13-32-23-12-20(27)16(4)25(30)24(23)26(19)31/h6,8,10-12,19,27-30H,5,7,9,13H2,1-4H3/t19-/m0/s1. The maximum Gasteiger partial charge on any atom is 0.181 e. The maximum atomic E-state index is 13.2. The Bertz CT molecular complexity index is 1110. The Labute approximate surface area is 188 Å². The number of allylic oxidation sites excluding steroid dienone is 4. The number of ketones is 1. The summed E-state index contributed by atoms with van der Waals surface area (Å²) in [4.78, 5) is 13.2. The molecule has 0 amide bonds. The molecule has 0 radical (unpaired) electrons. The lowest BCUT2D eigenvalue weighted by atomic mass is 9.86. The average Bonchev–Trinajstić information content (AvgIpc) is 2.72. The first kappa shape index (κ1) is 23.3. The minimum Gasteiger partial charge on any atom is -0.508 e. The summed E-state index contributed by atoms with van der Waals surface area (Å²) in [7, 11) is 0. The Morgan fingerprint density at radius 3 is 2.44 bits per heavy atom. The Kier molecular flexibility index (Phi) is 6.82. The van der Waals surface area contributed by atoms with Crippen molar-refractivity contribution in [3.8, 4) is 28.7 Å². The predicted octanol–water partition coefficient (Wildman–Crippen LogP) is 5.41. The van der Waals surface area contributed by atoms with Crippen molar-refractivity contribution in [2.24, 2.45) is 0 Å². The zero-order chi connectivity index (χ0) is 23.6. The number of fused-ring (bicyclic) bond motifs is 1. The third kappa shape index (κ3) is 4.74. The van der Waals surface area contributed by atoms with Crippen LogP contribution in [0.25, 0.3) is 0 Å². The van der Waals surface area contributed by atoms with Crippen LogP contribution in [0.2, 0.25) is 0 Å². The molecule has 2 aromatic carbocycles. The van der Waals surface area contributed by atoms with Crippen molar-refractivity contribution >= 4 is 5.78 Å². The largest absolute Gasteiger partial charge is 0.508 e. The minimum absolute atomic E-state index is 0.0133. The lowest BCUT2D eigenvalue weighted by Gasteiger charge is -2.26. The van der Waals surface area contributed by atoms with Gasteiger partial charge >= 0.3 is 0 Å². The SMILES string of the molecule is CC(C)=CCCC(C)=CCc1cc([C@@H]2COc3cc(O)c(C)c(O)c3C2=O)c(O)cc1O. The van der Waals surface area contributed by atoms with Gasteiger partial charge in [0.1, 0.15) is 40.9 Å².